The Kier molecular flexibility index (Phi) is 9.48. The summed E-state index contributed by atoms with van der Waals surface area (Å²) in [5.74, 6) is -0.514. The number of allylic oxidation sites excluding steroid dienone is 1. The Morgan fingerprint density at radius 2 is 1.92 bits per heavy atom. The molecule has 0 amide bonds. The number of carbonyl (C=O) groups excluding carboxylic acids is 1. The van der Waals surface area contributed by atoms with E-state index < -0.39 is 23.8 Å². The van der Waals surface area contributed by atoms with E-state index in [1.54, 1.807) is 38.1 Å². The summed E-state index contributed by atoms with van der Waals surface area (Å²) < 4.78 is 46.1. The lowest BCUT2D eigenvalue weighted by atomic mass is 9.94. The molecule has 1 atom stereocenters. The van der Waals surface area contributed by atoms with Gasteiger partial charge in [-0.25, -0.2) is 4.79 Å². The van der Waals surface area contributed by atoms with E-state index in [1.165, 1.54) is 17.0 Å². The van der Waals surface area contributed by atoms with Gasteiger partial charge < -0.3 is 15.0 Å². The van der Waals surface area contributed by atoms with Gasteiger partial charge in [-0.2, -0.15) is 23.4 Å². The van der Waals surface area contributed by atoms with Gasteiger partial charge in [0.05, 0.1) is 35.4 Å². The molecule has 0 spiro atoms. The lowest BCUT2D eigenvalue weighted by Gasteiger charge is -2.38. The highest BCUT2D eigenvalue weighted by Crippen LogP contribution is 2.37. The Hall–Kier alpha value is -4.17. The molecule has 2 aromatic rings. The number of hydrogen-bond donors (Lipinski definition) is 2. The van der Waals surface area contributed by atoms with Crippen LogP contribution in [0.1, 0.15) is 49.4 Å². The molecule has 1 aliphatic rings. The standard InChI is InChI=1S/C28H31F3N6O2/c1-5-39-26(38)24-18(2)37(22-9-6-8-21(16-22)28(29,30)31)27(34-23(33)10-7-15-36(3)4)35-25(24)20-13-11-19(17-32)12-14-20/h6,8-9,11-14,16,25H,5,7,10,15H2,1-4H3,(H2,33,34,35). The maximum Gasteiger partial charge on any atom is 0.416 e. The number of carbonyl (C=O) groups is 1. The normalized spacial score (nSPS) is 16.7. The van der Waals surface area contributed by atoms with Crippen LogP contribution >= 0.6 is 0 Å². The number of alkyl halides is 3. The molecule has 0 saturated heterocycles. The number of amidine groups is 1. The van der Waals surface area contributed by atoms with Crippen molar-refractivity contribution in [3.63, 3.8) is 0 Å². The Balaban J connectivity index is 2.20. The van der Waals surface area contributed by atoms with Crippen LogP contribution < -0.4 is 10.2 Å². The summed E-state index contributed by atoms with van der Waals surface area (Å²) in [7, 11) is 3.83. The lowest BCUT2D eigenvalue weighted by Crippen LogP contribution is -2.49. The number of benzene rings is 2. The minimum absolute atomic E-state index is 0.0299. The maximum absolute atomic E-state index is 13.6. The first-order valence-electron chi connectivity index (χ1n) is 12.4. The van der Waals surface area contributed by atoms with Crippen molar-refractivity contribution in [2.24, 2.45) is 4.99 Å². The zero-order valence-electron chi connectivity index (χ0n) is 22.3. The Labute approximate surface area is 225 Å². The molecule has 2 N–H and O–H groups in total. The molecule has 3 rings (SSSR count). The number of rotatable bonds is 8. The van der Waals surface area contributed by atoms with E-state index >= 15 is 0 Å². The van der Waals surface area contributed by atoms with Crippen LogP contribution in [0.4, 0.5) is 18.9 Å². The maximum atomic E-state index is 13.6. The number of ether oxygens (including phenoxy) is 1. The second-order valence-corrected chi connectivity index (χ2v) is 9.20. The predicted molar refractivity (Wildman–Crippen MR) is 143 cm³/mol. The van der Waals surface area contributed by atoms with Crippen LogP contribution in [0.15, 0.2) is 64.8 Å². The van der Waals surface area contributed by atoms with E-state index in [0.29, 0.717) is 29.7 Å². The van der Waals surface area contributed by atoms with Crippen LogP contribution in [0.2, 0.25) is 0 Å². The van der Waals surface area contributed by atoms with Gasteiger partial charge >= 0.3 is 12.1 Å². The van der Waals surface area contributed by atoms with Crippen LogP contribution in [0.25, 0.3) is 0 Å². The Morgan fingerprint density at radius 1 is 1.23 bits per heavy atom. The average molecular weight is 541 g/mol. The molecule has 0 bridgehead atoms. The summed E-state index contributed by atoms with van der Waals surface area (Å²) >= 11 is 0. The number of hydrogen-bond acceptors (Lipinski definition) is 5. The van der Waals surface area contributed by atoms with Crippen molar-refractivity contribution in [3.05, 3.63) is 76.5 Å². The molecule has 0 aromatic heterocycles. The third-order valence-corrected chi connectivity index (χ3v) is 6.06. The van der Waals surface area contributed by atoms with Gasteiger partial charge in [-0.05, 0) is 76.8 Å². The number of nitrogens with one attached hydrogen (secondary N) is 2. The van der Waals surface area contributed by atoms with Crippen molar-refractivity contribution in [3.8, 4) is 6.07 Å². The van der Waals surface area contributed by atoms with Crippen LogP contribution in [0, 0.1) is 16.7 Å². The third-order valence-electron chi connectivity index (χ3n) is 6.06. The largest absolute Gasteiger partial charge is 0.463 e. The predicted octanol–water partition coefficient (Wildman–Crippen LogP) is 5.24. The fraction of sp³-hybridized carbons (Fsp3) is 0.357. The number of anilines is 1. The molecule has 206 valence electrons. The number of nitriles is 1. The fourth-order valence-electron chi connectivity index (χ4n) is 4.19. The zero-order valence-corrected chi connectivity index (χ0v) is 22.3. The molecule has 1 heterocycles. The molecule has 0 saturated carbocycles. The monoisotopic (exact) mass is 540 g/mol. The van der Waals surface area contributed by atoms with E-state index in [-0.39, 0.29) is 29.7 Å². The first kappa shape index (κ1) is 29.4. The average Bonchev–Trinajstić information content (AvgIpc) is 2.88. The van der Waals surface area contributed by atoms with Gasteiger partial charge in [-0.15, -0.1) is 0 Å². The van der Waals surface area contributed by atoms with Crippen LogP contribution in [-0.4, -0.2) is 49.9 Å². The second-order valence-electron chi connectivity index (χ2n) is 9.20. The molecule has 1 unspecified atom stereocenters. The number of nitrogens with zero attached hydrogens (tertiary/aromatic N) is 4. The SMILES string of the molecule is CCOC(=O)C1=C(C)N(c2cccc(C(F)(F)F)c2)/C(=N/C(=N)CCCN(C)C)NC1c1ccc(C#N)cc1. The molecule has 1 aliphatic heterocycles. The quantitative estimate of drug-likeness (QED) is 0.270. The summed E-state index contributed by atoms with van der Waals surface area (Å²) in [4.78, 5) is 21.0. The molecule has 0 radical (unpaired) electrons. The first-order chi connectivity index (χ1) is 18.5. The molecular formula is C28H31F3N6O2. The van der Waals surface area contributed by atoms with Crippen LogP contribution in [-0.2, 0) is 15.7 Å². The smallest absolute Gasteiger partial charge is 0.416 e. The van der Waals surface area contributed by atoms with Crippen molar-refractivity contribution >= 4 is 23.5 Å². The summed E-state index contributed by atoms with van der Waals surface area (Å²) in [6.07, 6.45) is -3.58. The highest BCUT2D eigenvalue weighted by molar-refractivity contribution is 6.09. The van der Waals surface area contributed by atoms with Gasteiger partial charge in [0.1, 0.15) is 5.84 Å². The molecule has 0 fully saturated rings. The summed E-state index contributed by atoms with van der Waals surface area (Å²) in [5.41, 5.74) is 0.787. The zero-order chi connectivity index (χ0) is 28.7. The highest BCUT2D eigenvalue weighted by atomic mass is 19.4. The van der Waals surface area contributed by atoms with Gasteiger partial charge in [0.25, 0.3) is 0 Å². The van der Waals surface area contributed by atoms with E-state index in [1.807, 2.05) is 25.1 Å². The van der Waals surface area contributed by atoms with Crippen molar-refractivity contribution < 1.29 is 22.7 Å². The summed E-state index contributed by atoms with van der Waals surface area (Å²) in [6.45, 7) is 4.09. The van der Waals surface area contributed by atoms with Gasteiger partial charge in [0.2, 0.25) is 5.96 Å². The lowest BCUT2D eigenvalue weighted by molar-refractivity contribution is -0.139. The summed E-state index contributed by atoms with van der Waals surface area (Å²) in [5, 5.41) is 20.8. The fourth-order valence-corrected chi connectivity index (χ4v) is 4.19. The Morgan fingerprint density at radius 3 is 2.51 bits per heavy atom. The highest BCUT2D eigenvalue weighted by Gasteiger charge is 2.37. The Bertz CT molecular complexity index is 1310. The topological polar surface area (TPSA) is 105 Å². The number of aliphatic imine (C=N–C) groups is 1. The van der Waals surface area contributed by atoms with Crippen molar-refractivity contribution in [1.82, 2.24) is 10.2 Å². The number of esters is 1. The van der Waals surface area contributed by atoms with E-state index in [4.69, 9.17) is 10.1 Å². The van der Waals surface area contributed by atoms with Crippen molar-refractivity contribution in [1.29, 1.82) is 10.7 Å². The van der Waals surface area contributed by atoms with Crippen LogP contribution in [0.5, 0.6) is 0 Å². The van der Waals surface area contributed by atoms with Gasteiger partial charge in [-0.1, -0.05) is 18.2 Å². The minimum Gasteiger partial charge on any atom is -0.463 e. The van der Waals surface area contributed by atoms with Crippen molar-refractivity contribution in [2.45, 2.75) is 38.9 Å². The third kappa shape index (κ3) is 7.23. The van der Waals surface area contributed by atoms with Gasteiger partial charge in [-0.3, -0.25) is 10.3 Å². The van der Waals surface area contributed by atoms with Crippen molar-refractivity contribution in [2.75, 3.05) is 32.1 Å². The number of guanidine groups is 1. The minimum atomic E-state index is -4.58. The van der Waals surface area contributed by atoms with Crippen LogP contribution in [0.3, 0.4) is 0 Å². The summed E-state index contributed by atoms with van der Waals surface area (Å²) in [6, 6.07) is 12.5. The molecular weight excluding hydrogens is 509 g/mol. The van der Waals surface area contributed by atoms with E-state index in [2.05, 4.69) is 10.3 Å². The van der Waals surface area contributed by atoms with E-state index in [0.717, 1.165) is 18.7 Å². The second kappa shape index (κ2) is 12.6. The first-order valence-corrected chi connectivity index (χ1v) is 12.4. The molecule has 0 aliphatic carbocycles. The molecule has 39 heavy (non-hydrogen) atoms. The molecule has 11 heteroatoms. The molecule has 2 aromatic carbocycles. The van der Waals surface area contributed by atoms with E-state index in [9.17, 15) is 23.2 Å². The van der Waals surface area contributed by atoms with Gasteiger partial charge in [0, 0.05) is 17.8 Å². The van der Waals surface area contributed by atoms with Gasteiger partial charge in [0.15, 0.2) is 0 Å². The number of halogens is 3. The molecule has 8 nitrogen and oxygen atoms in total.